The van der Waals surface area contributed by atoms with E-state index in [1.165, 1.54) is 17.0 Å². The standard InChI is InChI=1S/C17H19FN2O3/c1-10(2)16-8-14(19-23-16)17(22)20-9-13(21)7-15(20)11-4-3-5-12(18)6-11/h3-6,8,10,13,15,21H,7,9H2,1-2H3/t13-,15-/m0/s1. The van der Waals surface area contributed by atoms with Crippen LogP contribution in [-0.4, -0.2) is 33.7 Å². The fourth-order valence-electron chi connectivity index (χ4n) is 2.88. The Balaban J connectivity index is 1.88. The maximum atomic E-state index is 13.5. The summed E-state index contributed by atoms with van der Waals surface area (Å²) in [6.45, 7) is 4.09. The van der Waals surface area contributed by atoms with E-state index in [2.05, 4.69) is 5.16 Å². The topological polar surface area (TPSA) is 66.6 Å². The van der Waals surface area contributed by atoms with E-state index in [1.54, 1.807) is 18.2 Å². The fourth-order valence-corrected chi connectivity index (χ4v) is 2.88. The molecule has 122 valence electrons. The van der Waals surface area contributed by atoms with Gasteiger partial charge in [-0.3, -0.25) is 4.79 Å². The predicted octanol–water partition coefficient (Wildman–Crippen LogP) is 2.89. The Morgan fingerprint density at radius 1 is 1.43 bits per heavy atom. The number of amides is 1. The van der Waals surface area contributed by atoms with Crippen molar-refractivity contribution in [1.29, 1.82) is 0 Å². The molecule has 1 aromatic carbocycles. The van der Waals surface area contributed by atoms with Crippen molar-refractivity contribution in [3.05, 3.63) is 53.2 Å². The first kappa shape index (κ1) is 15.7. The lowest BCUT2D eigenvalue weighted by molar-refractivity contribution is 0.0705. The average Bonchev–Trinajstić information content (AvgIpc) is 3.13. The molecule has 6 heteroatoms. The number of aliphatic hydroxyl groups excluding tert-OH is 1. The lowest BCUT2D eigenvalue weighted by Gasteiger charge is -2.23. The number of rotatable bonds is 3. The molecule has 1 aliphatic heterocycles. The molecule has 23 heavy (non-hydrogen) atoms. The summed E-state index contributed by atoms with van der Waals surface area (Å²) in [7, 11) is 0. The molecule has 1 saturated heterocycles. The average molecular weight is 318 g/mol. The van der Waals surface area contributed by atoms with Crippen molar-refractivity contribution in [3.63, 3.8) is 0 Å². The van der Waals surface area contributed by atoms with Crippen LogP contribution in [0.2, 0.25) is 0 Å². The molecule has 1 amide bonds. The van der Waals surface area contributed by atoms with E-state index in [1.807, 2.05) is 13.8 Å². The number of hydrogen-bond donors (Lipinski definition) is 1. The summed E-state index contributed by atoms with van der Waals surface area (Å²) < 4.78 is 18.6. The highest BCUT2D eigenvalue weighted by molar-refractivity contribution is 5.92. The molecule has 2 aromatic rings. The van der Waals surface area contributed by atoms with Gasteiger partial charge in [-0.1, -0.05) is 31.1 Å². The van der Waals surface area contributed by atoms with Gasteiger partial charge in [-0.15, -0.1) is 0 Å². The Hall–Kier alpha value is -2.21. The first-order valence-electron chi connectivity index (χ1n) is 7.67. The van der Waals surface area contributed by atoms with Crippen LogP contribution in [0, 0.1) is 5.82 Å². The minimum atomic E-state index is -0.635. The molecule has 0 unspecified atom stereocenters. The molecule has 0 bridgehead atoms. The summed E-state index contributed by atoms with van der Waals surface area (Å²) in [5.41, 5.74) is 0.881. The highest BCUT2D eigenvalue weighted by Gasteiger charge is 2.37. The largest absolute Gasteiger partial charge is 0.391 e. The SMILES string of the molecule is CC(C)c1cc(C(=O)N2C[C@@H](O)C[C@H]2c2cccc(F)c2)no1. The van der Waals surface area contributed by atoms with E-state index in [4.69, 9.17) is 4.52 Å². The van der Waals surface area contributed by atoms with Crippen molar-refractivity contribution in [2.45, 2.75) is 38.3 Å². The molecule has 1 N–H and O–H groups in total. The Morgan fingerprint density at radius 2 is 2.22 bits per heavy atom. The molecule has 2 heterocycles. The van der Waals surface area contributed by atoms with Crippen molar-refractivity contribution in [3.8, 4) is 0 Å². The van der Waals surface area contributed by atoms with E-state index in [0.29, 0.717) is 17.7 Å². The summed E-state index contributed by atoms with van der Waals surface area (Å²) in [4.78, 5) is 14.2. The number of likely N-dealkylation sites (tertiary alicyclic amines) is 1. The van der Waals surface area contributed by atoms with Gasteiger partial charge < -0.3 is 14.5 Å². The zero-order chi connectivity index (χ0) is 16.6. The lowest BCUT2D eigenvalue weighted by Crippen LogP contribution is -2.32. The van der Waals surface area contributed by atoms with Gasteiger partial charge in [0.2, 0.25) is 0 Å². The summed E-state index contributed by atoms with van der Waals surface area (Å²) in [6, 6.07) is 7.37. The molecule has 1 aliphatic rings. The van der Waals surface area contributed by atoms with Gasteiger partial charge in [0.15, 0.2) is 5.69 Å². The lowest BCUT2D eigenvalue weighted by atomic mass is 10.0. The molecule has 0 aliphatic carbocycles. The van der Waals surface area contributed by atoms with Gasteiger partial charge in [0.1, 0.15) is 11.6 Å². The summed E-state index contributed by atoms with van der Waals surface area (Å²) in [5, 5.41) is 13.8. The molecule has 1 aromatic heterocycles. The number of aromatic nitrogens is 1. The Bertz CT molecular complexity index is 713. The number of carbonyl (C=O) groups is 1. The van der Waals surface area contributed by atoms with E-state index < -0.39 is 6.10 Å². The summed E-state index contributed by atoms with van der Waals surface area (Å²) in [6.07, 6.45) is -0.256. The normalized spacial score (nSPS) is 21.2. The highest BCUT2D eigenvalue weighted by atomic mass is 19.1. The molecule has 0 spiro atoms. The zero-order valence-corrected chi connectivity index (χ0v) is 13.1. The van der Waals surface area contributed by atoms with Gasteiger partial charge >= 0.3 is 0 Å². The van der Waals surface area contributed by atoms with E-state index >= 15 is 0 Å². The van der Waals surface area contributed by atoms with Crippen LogP contribution >= 0.6 is 0 Å². The van der Waals surface area contributed by atoms with Gasteiger partial charge in [-0.2, -0.15) is 0 Å². The van der Waals surface area contributed by atoms with E-state index in [0.717, 1.165) is 0 Å². The fraction of sp³-hybridized carbons (Fsp3) is 0.412. The molecule has 5 nitrogen and oxygen atoms in total. The first-order chi connectivity index (χ1) is 11.0. The molecule has 3 rings (SSSR count). The van der Waals surface area contributed by atoms with Gasteiger partial charge in [0, 0.05) is 18.5 Å². The zero-order valence-electron chi connectivity index (χ0n) is 13.1. The van der Waals surface area contributed by atoms with E-state index in [-0.39, 0.29) is 35.9 Å². The number of carbonyl (C=O) groups excluding carboxylic acids is 1. The molecule has 0 saturated carbocycles. The molecule has 2 atom stereocenters. The van der Waals surface area contributed by atoms with Crippen LogP contribution in [0.4, 0.5) is 4.39 Å². The highest BCUT2D eigenvalue weighted by Crippen LogP contribution is 2.33. The quantitative estimate of drug-likeness (QED) is 0.945. The maximum Gasteiger partial charge on any atom is 0.276 e. The minimum Gasteiger partial charge on any atom is -0.391 e. The summed E-state index contributed by atoms with van der Waals surface area (Å²) >= 11 is 0. The van der Waals surface area contributed by atoms with Crippen molar-refractivity contribution < 1.29 is 18.8 Å². The van der Waals surface area contributed by atoms with Gasteiger partial charge in [0.05, 0.1) is 12.1 Å². The van der Waals surface area contributed by atoms with Crippen molar-refractivity contribution in [2.75, 3.05) is 6.54 Å². The smallest absolute Gasteiger partial charge is 0.276 e. The van der Waals surface area contributed by atoms with Crippen LogP contribution in [0.15, 0.2) is 34.9 Å². The Morgan fingerprint density at radius 3 is 2.87 bits per heavy atom. The van der Waals surface area contributed by atoms with Crippen molar-refractivity contribution in [2.24, 2.45) is 0 Å². The molecule has 1 fully saturated rings. The predicted molar refractivity (Wildman–Crippen MR) is 81.4 cm³/mol. The molecular weight excluding hydrogens is 299 g/mol. The van der Waals surface area contributed by atoms with Crippen LogP contribution in [0.25, 0.3) is 0 Å². The monoisotopic (exact) mass is 318 g/mol. The number of aliphatic hydroxyl groups is 1. The number of benzene rings is 1. The third-order valence-corrected chi connectivity index (χ3v) is 4.09. The second-order valence-corrected chi connectivity index (χ2v) is 6.19. The number of β-amino-alcohol motifs (C(OH)–C–C–N with tert-alkyl or cyclic N) is 1. The van der Waals surface area contributed by atoms with Crippen molar-refractivity contribution >= 4 is 5.91 Å². The third-order valence-electron chi connectivity index (χ3n) is 4.09. The minimum absolute atomic E-state index is 0.132. The third kappa shape index (κ3) is 3.12. The van der Waals surface area contributed by atoms with Crippen LogP contribution in [0.5, 0.6) is 0 Å². The van der Waals surface area contributed by atoms with Crippen LogP contribution in [-0.2, 0) is 0 Å². The van der Waals surface area contributed by atoms with Crippen LogP contribution in [0.3, 0.4) is 0 Å². The van der Waals surface area contributed by atoms with Crippen LogP contribution in [0.1, 0.15) is 54.0 Å². The first-order valence-corrected chi connectivity index (χ1v) is 7.67. The summed E-state index contributed by atoms with van der Waals surface area (Å²) in [5.74, 6) is 0.0916. The van der Waals surface area contributed by atoms with E-state index in [9.17, 15) is 14.3 Å². The van der Waals surface area contributed by atoms with Crippen LogP contribution < -0.4 is 0 Å². The van der Waals surface area contributed by atoms with Gasteiger partial charge in [-0.05, 0) is 24.1 Å². The Labute approximate surface area is 133 Å². The number of nitrogens with zero attached hydrogens (tertiary/aromatic N) is 2. The second kappa shape index (κ2) is 6.12. The van der Waals surface area contributed by atoms with Gasteiger partial charge in [-0.25, -0.2) is 4.39 Å². The van der Waals surface area contributed by atoms with Crippen molar-refractivity contribution in [1.82, 2.24) is 10.1 Å². The Kier molecular flexibility index (Phi) is 4.17. The molecular formula is C17H19FN2O3. The maximum absolute atomic E-state index is 13.5. The van der Waals surface area contributed by atoms with Gasteiger partial charge in [0.25, 0.3) is 5.91 Å². The number of halogens is 1. The number of hydrogen-bond acceptors (Lipinski definition) is 4. The second-order valence-electron chi connectivity index (χ2n) is 6.19. The molecule has 0 radical (unpaired) electrons.